The van der Waals surface area contributed by atoms with Crippen molar-refractivity contribution in [1.82, 2.24) is 15.2 Å². The van der Waals surface area contributed by atoms with Gasteiger partial charge in [0.05, 0.1) is 11.2 Å². The van der Waals surface area contributed by atoms with Crippen LogP contribution in [0, 0.1) is 6.92 Å². The van der Waals surface area contributed by atoms with E-state index in [4.69, 9.17) is 0 Å². The first-order valence-electron chi connectivity index (χ1n) is 6.03. The zero-order valence-corrected chi connectivity index (χ0v) is 11.2. The Morgan fingerprint density at radius 3 is 3.06 bits per heavy atom. The van der Waals surface area contributed by atoms with Crippen LogP contribution in [0.15, 0.2) is 5.51 Å². The molecule has 1 aliphatic rings. The van der Waals surface area contributed by atoms with E-state index in [1.807, 2.05) is 5.51 Å². The topological polar surface area (TPSA) is 28.2 Å². The molecule has 1 aromatic heterocycles. The van der Waals surface area contributed by atoms with Gasteiger partial charge in [0.2, 0.25) is 0 Å². The molecule has 1 aromatic rings. The van der Waals surface area contributed by atoms with Gasteiger partial charge in [-0.1, -0.05) is 0 Å². The Bertz CT molecular complexity index is 337. The summed E-state index contributed by atoms with van der Waals surface area (Å²) in [7, 11) is 0. The highest BCUT2D eigenvalue weighted by Crippen LogP contribution is 2.15. The van der Waals surface area contributed by atoms with E-state index in [1.54, 1.807) is 11.3 Å². The molecule has 2 rings (SSSR count). The Kier molecular flexibility index (Phi) is 3.95. The lowest BCUT2D eigenvalue weighted by atomic mass is 10.1. The highest BCUT2D eigenvalue weighted by molar-refractivity contribution is 7.09. The van der Waals surface area contributed by atoms with Gasteiger partial charge in [-0.3, -0.25) is 4.90 Å². The molecule has 0 radical (unpaired) electrons. The third kappa shape index (κ3) is 2.81. The van der Waals surface area contributed by atoms with Gasteiger partial charge >= 0.3 is 0 Å². The lowest BCUT2D eigenvalue weighted by Gasteiger charge is -2.37. The lowest BCUT2D eigenvalue weighted by molar-refractivity contribution is 0.148. The predicted molar refractivity (Wildman–Crippen MR) is 69.1 cm³/mol. The minimum absolute atomic E-state index is 0.624. The number of hydrogen-bond acceptors (Lipinski definition) is 4. The van der Waals surface area contributed by atoms with Gasteiger partial charge in [0.15, 0.2) is 0 Å². The molecule has 2 heterocycles. The molecule has 3 nitrogen and oxygen atoms in total. The van der Waals surface area contributed by atoms with Crippen LogP contribution in [0.1, 0.15) is 24.4 Å². The van der Waals surface area contributed by atoms with E-state index in [0.717, 1.165) is 19.5 Å². The van der Waals surface area contributed by atoms with Gasteiger partial charge in [0.1, 0.15) is 0 Å². The highest BCUT2D eigenvalue weighted by Gasteiger charge is 2.21. The fraction of sp³-hybridized carbons (Fsp3) is 0.750. The number of hydrogen-bond donors (Lipinski definition) is 1. The molecule has 1 N–H and O–H groups in total. The minimum atomic E-state index is 0.624. The molecule has 1 fully saturated rings. The molecule has 1 aliphatic heterocycles. The molecule has 2 unspecified atom stereocenters. The van der Waals surface area contributed by atoms with E-state index in [9.17, 15) is 0 Å². The third-order valence-electron chi connectivity index (χ3n) is 3.36. The van der Waals surface area contributed by atoms with Gasteiger partial charge in [0.25, 0.3) is 0 Å². The molecule has 16 heavy (non-hydrogen) atoms. The van der Waals surface area contributed by atoms with Gasteiger partial charge in [0, 0.05) is 36.6 Å². The molecule has 1 saturated heterocycles. The zero-order valence-electron chi connectivity index (χ0n) is 10.4. The second kappa shape index (κ2) is 5.25. The maximum absolute atomic E-state index is 4.30. The van der Waals surface area contributed by atoms with Crippen LogP contribution in [-0.4, -0.2) is 41.6 Å². The Balaban J connectivity index is 1.87. The van der Waals surface area contributed by atoms with Crippen molar-refractivity contribution >= 4 is 11.3 Å². The van der Waals surface area contributed by atoms with Crippen molar-refractivity contribution in [1.29, 1.82) is 0 Å². The molecule has 4 heteroatoms. The fourth-order valence-corrected chi connectivity index (χ4v) is 2.99. The first-order chi connectivity index (χ1) is 7.66. The molecular weight excluding hydrogens is 218 g/mol. The lowest BCUT2D eigenvalue weighted by Crippen LogP contribution is -2.54. The van der Waals surface area contributed by atoms with Crippen LogP contribution in [-0.2, 0) is 6.42 Å². The molecule has 2 atom stereocenters. The number of thiazole rings is 1. The van der Waals surface area contributed by atoms with Gasteiger partial charge in [-0.2, -0.15) is 0 Å². The number of nitrogens with zero attached hydrogens (tertiary/aromatic N) is 2. The second-order valence-corrected chi connectivity index (χ2v) is 5.70. The Labute approximate surface area is 102 Å². The summed E-state index contributed by atoms with van der Waals surface area (Å²) in [5.74, 6) is 0. The summed E-state index contributed by atoms with van der Waals surface area (Å²) in [5, 5.41) is 3.51. The van der Waals surface area contributed by atoms with E-state index in [0.29, 0.717) is 12.1 Å². The summed E-state index contributed by atoms with van der Waals surface area (Å²) in [6, 6.07) is 1.28. The van der Waals surface area contributed by atoms with Crippen molar-refractivity contribution in [2.24, 2.45) is 0 Å². The van der Waals surface area contributed by atoms with Crippen LogP contribution in [0.2, 0.25) is 0 Å². The summed E-state index contributed by atoms with van der Waals surface area (Å²) >= 11 is 1.79. The zero-order chi connectivity index (χ0) is 11.5. The molecule has 90 valence electrons. The highest BCUT2D eigenvalue weighted by atomic mass is 32.1. The van der Waals surface area contributed by atoms with E-state index in [1.165, 1.54) is 17.1 Å². The molecule has 0 bridgehead atoms. The molecule has 0 spiro atoms. The Morgan fingerprint density at radius 2 is 2.38 bits per heavy atom. The average Bonchev–Trinajstić information content (AvgIpc) is 2.66. The van der Waals surface area contributed by atoms with Gasteiger partial charge < -0.3 is 5.32 Å². The van der Waals surface area contributed by atoms with Crippen LogP contribution in [0.5, 0.6) is 0 Å². The van der Waals surface area contributed by atoms with Gasteiger partial charge in [-0.25, -0.2) is 4.98 Å². The summed E-state index contributed by atoms with van der Waals surface area (Å²) in [6.07, 6.45) is 1.15. The first kappa shape index (κ1) is 12.0. The molecule has 0 amide bonds. The van der Waals surface area contributed by atoms with E-state index < -0.39 is 0 Å². The number of nitrogens with one attached hydrogen (secondary N) is 1. The summed E-state index contributed by atoms with van der Waals surface area (Å²) < 4.78 is 0. The van der Waals surface area contributed by atoms with Gasteiger partial charge in [-0.05, 0) is 27.2 Å². The number of piperazine rings is 1. The van der Waals surface area contributed by atoms with Crippen molar-refractivity contribution in [2.75, 3.05) is 19.6 Å². The second-order valence-electron chi connectivity index (χ2n) is 4.76. The van der Waals surface area contributed by atoms with Crippen LogP contribution in [0.3, 0.4) is 0 Å². The van der Waals surface area contributed by atoms with E-state index in [2.05, 4.69) is 36.0 Å². The van der Waals surface area contributed by atoms with Crippen molar-refractivity contribution in [3.63, 3.8) is 0 Å². The Morgan fingerprint density at radius 1 is 1.56 bits per heavy atom. The fourth-order valence-electron chi connectivity index (χ4n) is 2.22. The SMILES string of the molecule is Cc1ncsc1CCN1CC(C)NCC1C. The van der Waals surface area contributed by atoms with Crippen LogP contribution in [0.25, 0.3) is 0 Å². The third-order valence-corrected chi connectivity index (χ3v) is 4.36. The summed E-state index contributed by atoms with van der Waals surface area (Å²) in [4.78, 5) is 8.33. The minimum Gasteiger partial charge on any atom is -0.311 e. The normalized spacial score (nSPS) is 27.2. The number of rotatable bonds is 3. The molecule has 0 saturated carbocycles. The quantitative estimate of drug-likeness (QED) is 0.870. The summed E-state index contributed by atoms with van der Waals surface area (Å²) in [6.45, 7) is 10.1. The first-order valence-corrected chi connectivity index (χ1v) is 6.91. The van der Waals surface area contributed by atoms with Crippen molar-refractivity contribution in [3.05, 3.63) is 16.1 Å². The maximum atomic E-state index is 4.30. The number of aryl methyl sites for hydroxylation is 1. The predicted octanol–water partition coefficient (Wildman–Crippen LogP) is 1.68. The molecular formula is C12H21N3S. The van der Waals surface area contributed by atoms with Crippen LogP contribution >= 0.6 is 11.3 Å². The van der Waals surface area contributed by atoms with Crippen LogP contribution < -0.4 is 5.32 Å². The van der Waals surface area contributed by atoms with Crippen molar-refractivity contribution < 1.29 is 0 Å². The molecule has 0 aromatic carbocycles. The van der Waals surface area contributed by atoms with Crippen LogP contribution in [0.4, 0.5) is 0 Å². The van der Waals surface area contributed by atoms with E-state index >= 15 is 0 Å². The smallest absolute Gasteiger partial charge is 0.0797 e. The van der Waals surface area contributed by atoms with Gasteiger partial charge in [-0.15, -0.1) is 11.3 Å². The largest absolute Gasteiger partial charge is 0.311 e. The van der Waals surface area contributed by atoms with Crippen molar-refractivity contribution in [3.8, 4) is 0 Å². The number of aromatic nitrogens is 1. The van der Waals surface area contributed by atoms with Crippen molar-refractivity contribution in [2.45, 2.75) is 39.3 Å². The van der Waals surface area contributed by atoms with E-state index in [-0.39, 0.29) is 0 Å². The summed E-state index contributed by atoms with van der Waals surface area (Å²) in [5.41, 5.74) is 3.16. The monoisotopic (exact) mass is 239 g/mol. The average molecular weight is 239 g/mol. The standard InChI is InChI=1S/C12H21N3S/c1-9-7-15(10(2)6-13-9)5-4-12-11(3)14-8-16-12/h8-10,13H,4-7H2,1-3H3. The molecule has 0 aliphatic carbocycles. The Hall–Kier alpha value is -0.450. The maximum Gasteiger partial charge on any atom is 0.0797 e.